The maximum absolute atomic E-state index is 12.6. The molecule has 1 amide bonds. The Morgan fingerprint density at radius 2 is 2.30 bits per heavy atom. The third-order valence-corrected chi connectivity index (χ3v) is 4.68. The molecule has 3 rings (SSSR count). The van der Waals surface area contributed by atoms with Crippen LogP contribution in [0.15, 0.2) is 16.9 Å². The van der Waals surface area contributed by atoms with Gasteiger partial charge in [0.05, 0.1) is 24.5 Å². The summed E-state index contributed by atoms with van der Waals surface area (Å²) < 4.78 is 6.86. The zero-order chi connectivity index (χ0) is 16.4. The number of carbonyl (C=O) groups is 1. The van der Waals surface area contributed by atoms with Crippen molar-refractivity contribution in [3.63, 3.8) is 0 Å². The Morgan fingerprint density at radius 3 is 2.96 bits per heavy atom. The van der Waals surface area contributed by atoms with Gasteiger partial charge in [-0.15, -0.1) is 0 Å². The number of amides is 1. The van der Waals surface area contributed by atoms with E-state index >= 15 is 0 Å². The molecule has 0 bridgehead atoms. The van der Waals surface area contributed by atoms with E-state index in [2.05, 4.69) is 10.3 Å². The molecule has 1 saturated heterocycles. The summed E-state index contributed by atoms with van der Waals surface area (Å²) in [7, 11) is 0. The Hall–Kier alpha value is -1.82. The van der Waals surface area contributed by atoms with Crippen LogP contribution in [0.1, 0.15) is 36.1 Å². The highest BCUT2D eigenvalue weighted by molar-refractivity contribution is 6.29. The second-order valence-electron chi connectivity index (χ2n) is 6.14. The molecule has 0 radical (unpaired) electrons. The standard InChI is InChI=1S/C16H21ClN4O2/c1-11-8-18-20(9-11)10-13-4-3-7-21(13)15(22)6-5-14-12(2)19-23-16(14)17/h8-9,13H,3-7,10H2,1-2H3/t13-/m1/s1. The average molecular weight is 337 g/mol. The van der Waals surface area contributed by atoms with Crippen molar-refractivity contribution in [1.29, 1.82) is 0 Å². The number of carbonyl (C=O) groups excluding carboxylic acids is 1. The lowest BCUT2D eigenvalue weighted by Crippen LogP contribution is -2.38. The molecule has 7 heteroatoms. The van der Waals surface area contributed by atoms with Crippen molar-refractivity contribution in [2.75, 3.05) is 6.54 Å². The average Bonchev–Trinajstić information content (AvgIpc) is 3.21. The molecule has 1 fully saturated rings. The van der Waals surface area contributed by atoms with Crippen LogP contribution in [-0.2, 0) is 17.8 Å². The van der Waals surface area contributed by atoms with Gasteiger partial charge in [0, 0.05) is 24.7 Å². The number of nitrogens with zero attached hydrogens (tertiary/aromatic N) is 4. The molecule has 124 valence electrons. The van der Waals surface area contributed by atoms with E-state index < -0.39 is 0 Å². The Labute approximate surface area is 140 Å². The van der Waals surface area contributed by atoms with Crippen molar-refractivity contribution < 1.29 is 9.32 Å². The van der Waals surface area contributed by atoms with Gasteiger partial charge in [-0.1, -0.05) is 5.16 Å². The molecule has 0 aromatic carbocycles. The fraction of sp³-hybridized carbons (Fsp3) is 0.562. The van der Waals surface area contributed by atoms with Gasteiger partial charge >= 0.3 is 0 Å². The Balaban J connectivity index is 1.59. The number of aryl methyl sites for hydroxylation is 2. The smallest absolute Gasteiger partial charge is 0.229 e. The maximum Gasteiger partial charge on any atom is 0.229 e. The molecule has 2 aromatic heterocycles. The van der Waals surface area contributed by atoms with E-state index in [0.717, 1.165) is 42.8 Å². The number of rotatable bonds is 5. The molecule has 0 N–H and O–H groups in total. The number of hydrogen-bond acceptors (Lipinski definition) is 4. The number of hydrogen-bond donors (Lipinski definition) is 0. The van der Waals surface area contributed by atoms with E-state index in [1.165, 1.54) is 0 Å². The predicted molar refractivity (Wildman–Crippen MR) is 86.3 cm³/mol. The van der Waals surface area contributed by atoms with Crippen molar-refractivity contribution in [3.8, 4) is 0 Å². The summed E-state index contributed by atoms with van der Waals surface area (Å²) in [6.07, 6.45) is 6.92. The quantitative estimate of drug-likeness (QED) is 0.842. The second kappa shape index (κ2) is 6.74. The third-order valence-electron chi connectivity index (χ3n) is 4.38. The van der Waals surface area contributed by atoms with Gasteiger partial charge < -0.3 is 9.42 Å². The summed E-state index contributed by atoms with van der Waals surface area (Å²) in [4.78, 5) is 14.6. The number of likely N-dealkylation sites (tertiary alicyclic amines) is 1. The van der Waals surface area contributed by atoms with Gasteiger partial charge in [-0.2, -0.15) is 5.10 Å². The van der Waals surface area contributed by atoms with Crippen LogP contribution in [0, 0.1) is 13.8 Å². The minimum Gasteiger partial charge on any atom is -0.344 e. The van der Waals surface area contributed by atoms with Gasteiger partial charge in [-0.25, -0.2) is 0 Å². The first kappa shape index (κ1) is 16.1. The van der Waals surface area contributed by atoms with E-state index in [1.807, 2.05) is 35.8 Å². The second-order valence-corrected chi connectivity index (χ2v) is 6.49. The zero-order valence-electron chi connectivity index (χ0n) is 13.5. The number of aromatic nitrogens is 3. The molecule has 0 saturated carbocycles. The molecule has 1 aliphatic rings. The third kappa shape index (κ3) is 3.58. The van der Waals surface area contributed by atoms with Gasteiger partial charge in [0.25, 0.3) is 0 Å². The van der Waals surface area contributed by atoms with Crippen molar-refractivity contribution in [2.24, 2.45) is 0 Å². The first-order chi connectivity index (χ1) is 11.0. The summed E-state index contributed by atoms with van der Waals surface area (Å²) in [5, 5.41) is 8.44. The molecule has 0 spiro atoms. The predicted octanol–water partition coefficient (Wildman–Crippen LogP) is 2.77. The van der Waals surface area contributed by atoms with Crippen molar-refractivity contribution in [1.82, 2.24) is 19.8 Å². The van der Waals surface area contributed by atoms with E-state index in [9.17, 15) is 4.79 Å². The summed E-state index contributed by atoms with van der Waals surface area (Å²) in [6.45, 7) is 5.44. The van der Waals surface area contributed by atoms with E-state index in [1.54, 1.807) is 0 Å². The van der Waals surface area contributed by atoms with Gasteiger partial charge in [0.1, 0.15) is 0 Å². The van der Waals surface area contributed by atoms with Crippen LogP contribution >= 0.6 is 11.6 Å². The SMILES string of the molecule is Cc1cnn(C[C@H]2CCCN2C(=O)CCc2c(C)noc2Cl)c1. The van der Waals surface area contributed by atoms with Crippen molar-refractivity contribution >= 4 is 17.5 Å². The first-order valence-corrected chi connectivity index (χ1v) is 8.31. The van der Waals surface area contributed by atoms with Crippen molar-refractivity contribution in [2.45, 2.75) is 52.1 Å². The monoisotopic (exact) mass is 336 g/mol. The lowest BCUT2D eigenvalue weighted by Gasteiger charge is -2.24. The van der Waals surface area contributed by atoms with Gasteiger partial charge in [0.2, 0.25) is 11.1 Å². The largest absolute Gasteiger partial charge is 0.344 e. The molecule has 1 aliphatic heterocycles. The molecular formula is C16H21ClN4O2. The molecule has 6 nitrogen and oxygen atoms in total. The number of halogens is 1. The van der Waals surface area contributed by atoms with Gasteiger partial charge in [-0.05, 0) is 50.3 Å². The van der Waals surface area contributed by atoms with Gasteiger partial charge in [-0.3, -0.25) is 9.48 Å². The molecule has 2 aromatic rings. The summed E-state index contributed by atoms with van der Waals surface area (Å²) >= 11 is 5.96. The highest BCUT2D eigenvalue weighted by atomic mass is 35.5. The Bertz CT molecular complexity index is 675. The molecule has 0 aliphatic carbocycles. The fourth-order valence-corrected chi connectivity index (χ4v) is 3.42. The molecule has 23 heavy (non-hydrogen) atoms. The van der Waals surface area contributed by atoms with Crippen molar-refractivity contribution in [3.05, 3.63) is 34.4 Å². The van der Waals surface area contributed by atoms with Crippen LogP contribution in [0.4, 0.5) is 0 Å². The molecular weight excluding hydrogens is 316 g/mol. The topological polar surface area (TPSA) is 64.2 Å². The van der Waals surface area contributed by atoms with E-state index in [4.69, 9.17) is 16.1 Å². The van der Waals surface area contributed by atoms with Crippen LogP contribution < -0.4 is 0 Å². The molecule has 3 heterocycles. The van der Waals surface area contributed by atoms with Crippen LogP contribution in [0.5, 0.6) is 0 Å². The van der Waals surface area contributed by atoms with E-state index in [0.29, 0.717) is 18.1 Å². The Kier molecular flexibility index (Phi) is 4.71. The van der Waals surface area contributed by atoms with Crippen LogP contribution in [0.2, 0.25) is 5.22 Å². The van der Waals surface area contributed by atoms with Crippen LogP contribution in [-0.4, -0.2) is 38.3 Å². The van der Waals surface area contributed by atoms with Crippen LogP contribution in [0.25, 0.3) is 0 Å². The summed E-state index contributed by atoms with van der Waals surface area (Å²) in [5.41, 5.74) is 2.73. The summed E-state index contributed by atoms with van der Waals surface area (Å²) in [5.74, 6) is 0.160. The van der Waals surface area contributed by atoms with Gasteiger partial charge in [0.15, 0.2) is 0 Å². The lowest BCUT2D eigenvalue weighted by molar-refractivity contribution is -0.132. The molecule has 0 unspecified atom stereocenters. The maximum atomic E-state index is 12.6. The first-order valence-electron chi connectivity index (χ1n) is 7.94. The van der Waals surface area contributed by atoms with Crippen LogP contribution in [0.3, 0.4) is 0 Å². The highest BCUT2D eigenvalue weighted by Crippen LogP contribution is 2.23. The minimum atomic E-state index is 0.160. The normalized spacial score (nSPS) is 17.9. The molecule has 1 atom stereocenters. The summed E-state index contributed by atoms with van der Waals surface area (Å²) in [6, 6.07) is 0.223. The minimum absolute atomic E-state index is 0.160. The fourth-order valence-electron chi connectivity index (χ4n) is 3.15. The van der Waals surface area contributed by atoms with E-state index in [-0.39, 0.29) is 11.9 Å². The highest BCUT2D eigenvalue weighted by Gasteiger charge is 2.29. The zero-order valence-corrected chi connectivity index (χ0v) is 14.2. The lowest BCUT2D eigenvalue weighted by atomic mass is 10.1. The Morgan fingerprint density at radius 1 is 1.48 bits per heavy atom.